The van der Waals surface area contributed by atoms with Crippen LogP contribution in [0.15, 0.2) is 24.3 Å². The molecule has 1 saturated heterocycles. The highest BCUT2D eigenvalue weighted by Crippen LogP contribution is 2.16. The zero-order valence-corrected chi connectivity index (χ0v) is 15.1. The van der Waals surface area contributed by atoms with Crippen LogP contribution in [0.25, 0.3) is 0 Å². The fourth-order valence-electron chi connectivity index (χ4n) is 2.74. The van der Waals surface area contributed by atoms with E-state index >= 15 is 0 Å². The van der Waals surface area contributed by atoms with Crippen molar-refractivity contribution < 1.29 is 9.90 Å². The summed E-state index contributed by atoms with van der Waals surface area (Å²) in [5.41, 5.74) is 1.25. The molecular weight excluding hydrogens is 332 g/mol. The number of hydrogen-bond acceptors (Lipinski definition) is 4. The van der Waals surface area contributed by atoms with Crippen LogP contribution in [0.3, 0.4) is 0 Å². The molecule has 1 amide bonds. The molecule has 1 aromatic rings. The third-order valence-corrected chi connectivity index (χ3v) is 5.05. The molecule has 0 radical (unpaired) electrons. The summed E-state index contributed by atoms with van der Waals surface area (Å²) < 4.78 is 0. The lowest BCUT2D eigenvalue weighted by molar-refractivity contribution is -0.130. The Morgan fingerprint density at radius 2 is 2.04 bits per heavy atom. The lowest BCUT2D eigenvalue weighted by atomic mass is 10.0. The monoisotopic (exact) mass is 356 g/mol. The molecule has 6 heteroatoms. The number of nitrogens with zero attached hydrogens (tertiary/aromatic N) is 1. The SMILES string of the molecule is CSCCC(O)C(=O)NC1CCN(Cc2ccc(Cl)cc2)CC1. The molecule has 23 heavy (non-hydrogen) atoms. The molecule has 2 rings (SSSR count). The maximum absolute atomic E-state index is 11.9. The number of amides is 1. The van der Waals surface area contributed by atoms with Crippen LogP contribution in [0.4, 0.5) is 0 Å². The van der Waals surface area contributed by atoms with Crippen LogP contribution in [0.5, 0.6) is 0 Å². The van der Waals surface area contributed by atoms with Crippen molar-refractivity contribution in [3.63, 3.8) is 0 Å². The van der Waals surface area contributed by atoms with Crippen LogP contribution in [0, 0.1) is 0 Å². The second-order valence-corrected chi connectivity index (χ2v) is 7.40. The number of piperidine rings is 1. The first kappa shape index (κ1) is 18.6. The number of aliphatic hydroxyl groups excluding tert-OH is 1. The van der Waals surface area contributed by atoms with E-state index < -0.39 is 6.10 Å². The molecule has 1 aliphatic rings. The molecule has 1 aromatic carbocycles. The molecule has 0 spiro atoms. The van der Waals surface area contributed by atoms with Gasteiger partial charge in [0.1, 0.15) is 6.10 Å². The first-order valence-electron chi connectivity index (χ1n) is 8.02. The van der Waals surface area contributed by atoms with Gasteiger partial charge in [-0.25, -0.2) is 0 Å². The van der Waals surface area contributed by atoms with Crippen molar-refractivity contribution in [2.45, 2.75) is 38.0 Å². The average Bonchev–Trinajstić information content (AvgIpc) is 2.56. The first-order chi connectivity index (χ1) is 11.1. The van der Waals surface area contributed by atoms with E-state index in [9.17, 15) is 9.90 Å². The minimum Gasteiger partial charge on any atom is -0.383 e. The van der Waals surface area contributed by atoms with E-state index in [4.69, 9.17) is 11.6 Å². The van der Waals surface area contributed by atoms with Crippen molar-refractivity contribution in [1.82, 2.24) is 10.2 Å². The number of carbonyl (C=O) groups excluding carboxylic acids is 1. The van der Waals surface area contributed by atoms with Crippen molar-refractivity contribution in [2.24, 2.45) is 0 Å². The lowest BCUT2D eigenvalue weighted by Gasteiger charge is -2.32. The minimum atomic E-state index is -0.880. The van der Waals surface area contributed by atoms with Crippen molar-refractivity contribution in [1.29, 1.82) is 0 Å². The smallest absolute Gasteiger partial charge is 0.249 e. The van der Waals surface area contributed by atoms with Crippen LogP contribution >= 0.6 is 23.4 Å². The summed E-state index contributed by atoms with van der Waals surface area (Å²) in [6.07, 6.45) is 3.46. The predicted octanol–water partition coefficient (Wildman–Crippen LogP) is 2.53. The summed E-state index contributed by atoms with van der Waals surface area (Å²) >= 11 is 7.54. The number of benzene rings is 1. The van der Waals surface area contributed by atoms with Gasteiger partial charge in [0.2, 0.25) is 5.91 Å². The van der Waals surface area contributed by atoms with Gasteiger partial charge in [-0.3, -0.25) is 9.69 Å². The molecule has 2 N–H and O–H groups in total. The summed E-state index contributed by atoms with van der Waals surface area (Å²) in [6, 6.07) is 8.11. The molecule has 1 aliphatic heterocycles. The molecule has 1 fully saturated rings. The Labute approximate surface area is 147 Å². The van der Waals surface area contributed by atoms with Gasteiger partial charge in [0.25, 0.3) is 0 Å². The van der Waals surface area contributed by atoms with Crippen molar-refractivity contribution in [3.8, 4) is 0 Å². The summed E-state index contributed by atoms with van der Waals surface area (Å²) in [6.45, 7) is 2.82. The van der Waals surface area contributed by atoms with Crippen molar-refractivity contribution >= 4 is 29.3 Å². The first-order valence-corrected chi connectivity index (χ1v) is 9.80. The number of thioether (sulfide) groups is 1. The van der Waals surface area contributed by atoms with Gasteiger partial charge in [-0.05, 0) is 49.0 Å². The standard InChI is InChI=1S/C17H25ClN2O2S/c1-23-11-8-16(21)17(22)19-15-6-9-20(10-7-15)12-13-2-4-14(18)5-3-13/h2-5,15-16,21H,6-12H2,1H3,(H,19,22). The van der Waals surface area contributed by atoms with Crippen LogP contribution in [0.2, 0.25) is 5.02 Å². The maximum Gasteiger partial charge on any atom is 0.249 e. The molecule has 1 heterocycles. The van der Waals surface area contributed by atoms with Gasteiger partial charge in [-0.1, -0.05) is 23.7 Å². The third kappa shape index (κ3) is 6.34. The van der Waals surface area contributed by atoms with Crippen molar-refractivity contribution in [2.75, 3.05) is 25.1 Å². The van der Waals surface area contributed by atoms with Crippen LogP contribution in [-0.2, 0) is 11.3 Å². The highest BCUT2D eigenvalue weighted by molar-refractivity contribution is 7.98. The molecule has 0 aliphatic carbocycles. The molecular formula is C17H25ClN2O2S. The molecule has 0 aromatic heterocycles. The van der Waals surface area contributed by atoms with E-state index in [-0.39, 0.29) is 11.9 Å². The Morgan fingerprint density at radius 3 is 2.65 bits per heavy atom. The second-order valence-electron chi connectivity index (χ2n) is 5.98. The number of aliphatic hydroxyl groups is 1. The van der Waals surface area contributed by atoms with Gasteiger partial charge in [-0.15, -0.1) is 0 Å². The molecule has 1 unspecified atom stereocenters. The average molecular weight is 357 g/mol. The minimum absolute atomic E-state index is 0.174. The normalized spacial score (nSPS) is 17.9. The molecule has 4 nitrogen and oxygen atoms in total. The summed E-state index contributed by atoms with van der Waals surface area (Å²) in [5.74, 6) is 0.573. The van der Waals surface area contributed by atoms with E-state index in [1.807, 2.05) is 18.4 Å². The molecule has 128 valence electrons. The van der Waals surface area contributed by atoms with E-state index in [0.717, 1.165) is 43.3 Å². The second kappa shape index (κ2) is 9.52. The molecule has 0 saturated carbocycles. The van der Waals surface area contributed by atoms with E-state index in [0.29, 0.717) is 6.42 Å². The molecule has 0 bridgehead atoms. The van der Waals surface area contributed by atoms with Gasteiger partial charge in [0, 0.05) is 30.7 Å². The Balaban J connectivity index is 1.71. The van der Waals surface area contributed by atoms with Gasteiger partial charge >= 0.3 is 0 Å². The fraction of sp³-hybridized carbons (Fsp3) is 0.588. The number of rotatable bonds is 7. The third-order valence-electron chi connectivity index (χ3n) is 4.15. The predicted molar refractivity (Wildman–Crippen MR) is 96.9 cm³/mol. The highest BCUT2D eigenvalue weighted by Gasteiger charge is 2.23. The number of nitrogens with one attached hydrogen (secondary N) is 1. The zero-order chi connectivity index (χ0) is 16.7. The number of likely N-dealkylation sites (tertiary alicyclic amines) is 1. The van der Waals surface area contributed by atoms with Gasteiger partial charge in [-0.2, -0.15) is 11.8 Å². The highest BCUT2D eigenvalue weighted by atomic mass is 35.5. The largest absolute Gasteiger partial charge is 0.383 e. The Morgan fingerprint density at radius 1 is 1.39 bits per heavy atom. The summed E-state index contributed by atoms with van der Waals surface area (Å²) in [4.78, 5) is 14.3. The van der Waals surface area contributed by atoms with Gasteiger partial charge in [0.15, 0.2) is 0 Å². The summed E-state index contributed by atoms with van der Waals surface area (Å²) in [7, 11) is 0. The Kier molecular flexibility index (Phi) is 7.70. The number of hydrogen-bond donors (Lipinski definition) is 2. The maximum atomic E-state index is 11.9. The Bertz CT molecular complexity index is 490. The van der Waals surface area contributed by atoms with Crippen LogP contribution < -0.4 is 5.32 Å². The van der Waals surface area contributed by atoms with Crippen molar-refractivity contribution in [3.05, 3.63) is 34.9 Å². The van der Waals surface area contributed by atoms with E-state index in [1.165, 1.54) is 5.56 Å². The Hall–Kier alpha value is -0.750. The van der Waals surface area contributed by atoms with Gasteiger partial charge in [0.05, 0.1) is 0 Å². The van der Waals surface area contributed by atoms with E-state index in [1.54, 1.807) is 11.8 Å². The lowest BCUT2D eigenvalue weighted by Crippen LogP contribution is -2.47. The van der Waals surface area contributed by atoms with Crippen LogP contribution in [0.1, 0.15) is 24.8 Å². The fourth-order valence-corrected chi connectivity index (χ4v) is 3.33. The van der Waals surface area contributed by atoms with E-state index in [2.05, 4.69) is 22.3 Å². The number of carbonyl (C=O) groups is 1. The zero-order valence-electron chi connectivity index (χ0n) is 13.5. The number of halogens is 1. The quantitative estimate of drug-likeness (QED) is 0.788. The topological polar surface area (TPSA) is 52.6 Å². The van der Waals surface area contributed by atoms with Gasteiger partial charge < -0.3 is 10.4 Å². The van der Waals surface area contributed by atoms with Crippen LogP contribution in [-0.4, -0.2) is 53.2 Å². The molecule has 1 atom stereocenters. The summed E-state index contributed by atoms with van der Waals surface area (Å²) in [5, 5.41) is 13.5.